The molecule has 0 fully saturated rings. The molecule has 0 atom stereocenters. The highest BCUT2D eigenvalue weighted by molar-refractivity contribution is 7.12. The number of hydrogen-bond acceptors (Lipinski definition) is 3. The van der Waals surface area contributed by atoms with Gasteiger partial charge in [-0.05, 0) is 30.0 Å². The molecular formula is C14H16N2O3S. The van der Waals surface area contributed by atoms with E-state index >= 15 is 0 Å². The second-order valence-corrected chi connectivity index (χ2v) is 5.26. The lowest BCUT2D eigenvalue weighted by atomic mass is 10.3. The largest absolute Gasteiger partial charge is 0.480 e. The minimum Gasteiger partial charge on any atom is -0.480 e. The number of carboxylic acids is 1. The maximum absolute atomic E-state index is 12.5. The van der Waals surface area contributed by atoms with E-state index in [1.165, 1.54) is 16.2 Å². The van der Waals surface area contributed by atoms with E-state index in [1.54, 1.807) is 0 Å². The first-order valence-electron chi connectivity index (χ1n) is 6.35. The third-order valence-electron chi connectivity index (χ3n) is 2.83. The van der Waals surface area contributed by atoms with Gasteiger partial charge in [0, 0.05) is 18.9 Å². The maximum atomic E-state index is 12.5. The Hall–Kier alpha value is -2.08. The molecule has 5 nitrogen and oxygen atoms in total. The van der Waals surface area contributed by atoms with Crippen molar-refractivity contribution in [1.82, 2.24) is 9.47 Å². The molecule has 0 saturated heterocycles. The molecule has 0 aliphatic heterocycles. The van der Waals surface area contributed by atoms with Crippen molar-refractivity contribution < 1.29 is 14.7 Å². The Balaban J connectivity index is 2.28. The van der Waals surface area contributed by atoms with Gasteiger partial charge in [0.2, 0.25) is 0 Å². The van der Waals surface area contributed by atoms with Gasteiger partial charge in [0.15, 0.2) is 0 Å². The summed E-state index contributed by atoms with van der Waals surface area (Å²) in [5.74, 6) is -1.22. The molecule has 106 valence electrons. The number of thiophene rings is 1. The van der Waals surface area contributed by atoms with Crippen LogP contribution in [0.4, 0.5) is 0 Å². The summed E-state index contributed by atoms with van der Waals surface area (Å²) in [4.78, 5) is 25.3. The third-order valence-corrected chi connectivity index (χ3v) is 3.72. The molecule has 0 saturated carbocycles. The van der Waals surface area contributed by atoms with Gasteiger partial charge in [-0.2, -0.15) is 0 Å². The molecule has 20 heavy (non-hydrogen) atoms. The van der Waals surface area contributed by atoms with Gasteiger partial charge in [-0.15, -0.1) is 11.3 Å². The lowest BCUT2D eigenvalue weighted by Gasteiger charge is -2.20. The number of aromatic nitrogens is 1. The zero-order valence-electron chi connectivity index (χ0n) is 11.2. The number of nitrogens with zero attached hydrogens (tertiary/aromatic N) is 2. The lowest BCUT2D eigenvalue weighted by molar-refractivity contribution is -0.137. The quantitative estimate of drug-likeness (QED) is 0.889. The van der Waals surface area contributed by atoms with Gasteiger partial charge >= 0.3 is 5.97 Å². The van der Waals surface area contributed by atoms with Crippen molar-refractivity contribution in [2.45, 2.75) is 13.3 Å². The number of aliphatic carboxylic acids is 1. The van der Waals surface area contributed by atoms with Crippen LogP contribution in [0, 0.1) is 0 Å². The van der Waals surface area contributed by atoms with Gasteiger partial charge in [0.1, 0.15) is 11.4 Å². The van der Waals surface area contributed by atoms with Gasteiger partial charge in [-0.1, -0.05) is 6.92 Å². The van der Waals surface area contributed by atoms with E-state index in [1.807, 2.05) is 47.5 Å². The summed E-state index contributed by atoms with van der Waals surface area (Å²) in [5.41, 5.74) is 0.788. The first kappa shape index (κ1) is 14.3. The predicted octanol–water partition coefficient (Wildman–Crippen LogP) is 2.48. The second kappa shape index (κ2) is 6.38. The molecule has 0 aromatic carbocycles. The van der Waals surface area contributed by atoms with E-state index in [2.05, 4.69) is 0 Å². The molecule has 0 unspecified atom stereocenters. The molecule has 1 N–H and O–H groups in total. The molecule has 2 aromatic heterocycles. The number of carbonyl (C=O) groups is 2. The SMILES string of the molecule is CCCN(CC(=O)O)C(=O)c1sccc1-n1cccc1. The van der Waals surface area contributed by atoms with Gasteiger partial charge < -0.3 is 14.6 Å². The van der Waals surface area contributed by atoms with Crippen LogP contribution in [-0.2, 0) is 4.79 Å². The molecule has 0 aliphatic rings. The molecule has 2 aromatic rings. The van der Waals surface area contributed by atoms with Crippen molar-refractivity contribution in [3.05, 3.63) is 40.8 Å². The first-order valence-corrected chi connectivity index (χ1v) is 7.23. The van der Waals surface area contributed by atoms with E-state index in [4.69, 9.17) is 5.11 Å². The number of hydrogen-bond donors (Lipinski definition) is 1. The van der Waals surface area contributed by atoms with Gasteiger partial charge in [-0.3, -0.25) is 9.59 Å². The summed E-state index contributed by atoms with van der Waals surface area (Å²) in [6, 6.07) is 5.63. The van der Waals surface area contributed by atoms with Crippen LogP contribution in [0.1, 0.15) is 23.0 Å². The highest BCUT2D eigenvalue weighted by Crippen LogP contribution is 2.23. The van der Waals surface area contributed by atoms with E-state index in [0.29, 0.717) is 11.4 Å². The summed E-state index contributed by atoms with van der Waals surface area (Å²) in [6.45, 7) is 2.09. The van der Waals surface area contributed by atoms with Crippen molar-refractivity contribution >= 4 is 23.2 Å². The van der Waals surface area contributed by atoms with E-state index in [0.717, 1.165) is 12.1 Å². The van der Waals surface area contributed by atoms with Gasteiger partial charge in [0.25, 0.3) is 5.91 Å². The zero-order chi connectivity index (χ0) is 14.5. The Morgan fingerprint density at radius 1 is 1.35 bits per heavy atom. The highest BCUT2D eigenvalue weighted by atomic mass is 32.1. The predicted molar refractivity (Wildman–Crippen MR) is 77.5 cm³/mol. The Labute approximate surface area is 121 Å². The second-order valence-electron chi connectivity index (χ2n) is 4.35. The molecule has 1 amide bonds. The molecule has 6 heteroatoms. The van der Waals surface area contributed by atoms with E-state index < -0.39 is 5.97 Å². The fourth-order valence-electron chi connectivity index (χ4n) is 1.99. The van der Waals surface area contributed by atoms with Crippen LogP contribution in [0.3, 0.4) is 0 Å². The van der Waals surface area contributed by atoms with Crippen LogP contribution < -0.4 is 0 Å². The molecule has 2 rings (SSSR count). The van der Waals surface area contributed by atoms with Crippen LogP contribution in [0.25, 0.3) is 5.69 Å². The van der Waals surface area contributed by atoms with Crippen molar-refractivity contribution in [2.75, 3.05) is 13.1 Å². The molecule has 0 aliphatic carbocycles. The number of carboxylic acid groups (broad SMARTS) is 1. The van der Waals surface area contributed by atoms with Crippen LogP contribution >= 0.6 is 11.3 Å². The van der Waals surface area contributed by atoms with Crippen molar-refractivity contribution in [1.29, 1.82) is 0 Å². The Morgan fingerprint density at radius 2 is 2.05 bits per heavy atom. The minimum absolute atomic E-state index is 0.229. The summed E-state index contributed by atoms with van der Waals surface area (Å²) in [7, 11) is 0. The lowest BCUT2D eigenvalue weighted by Crippen LogP contribution is -2.36. The average molecular weight is 292 g/mol. The average Bonchev–Trinajstić information content (AvgIpc) is 3.07. The summed E-state index contributed by atoms with van der Waals surface area (Å²) >= 11 is 1.33. The van der Waals surface area contributed by atoms with Crippen LogP contribution in [0.15, 0.2) is 36.0 Å². The van der Waals surface area contributed by atoms with Crippen molar-refractivity contribution in [2.24, 2.45) is 0 Å². The third kappa shape index (κ3) is 3.08. The Bertz CT molecular complexity index is 589. The summed E-state index contributed by atoms with van der Waals surface area (Å²) in [5, 5.41) is 10.8. The van der Waals surface area contributed by atoms with Crippen LogP contribution in [-0.4, -0.2) is 39.5 Å². The zero-order valence-corrected chi connectivity index (χ0v) is 12.0. The summed E-state index contributed by atoms with van der Waals surface area (Å²) in [6.07, 6.45) is 4.45. The highest BCUT2D eigenvalue weighted by Gasteiger charge is 2.22. The van der Waals surface area contributed by atoms with Crippen LogP contribution in [0.5, 0.6) is 0 Å². The number of carbonyl (C=O) groups excluding carboxylic acids is 1. The summed E-state index contributed by atoms with van der Waals surface area (Å²) < 4.78 is 1.86. The van der Waals surface area contributed by atoms with Gasteiger partial charge in [0.05, 0.1) is 5.69 Å². The van der Waals surface area contributed by atoms with Gasteiger partial charge in [-0.25, -0.2) is 0 Å². The molecule has 0 radical (unpaired) electrons. The molecule has 2 heterocycles. The standard InChI is InChI=1S/C14H16N2O3S/c1-2-6-16(10-12(17)18)14(19)13-11(5-9-20-13)15-7-3-4-8-15/h3-5,7-9H,2,6,10H2,1H3,(H,17,18). The van der Waals surface area contributed by atoms with Crippen molar-refractivity contribution in [3.8, 4) is 5.69 Å². The minimum atomic E-state index is -0.995. The fraction of sp³-hybridized carbons (Fsp3) is 0.286. The smallest absolute Gasteiger partial charge is 0.323 e. The first-order chi connectivity index (χ1) is 9.63. The molecule has 0 spiro atoms. The maximum Gasteiger partial charge on any atom is 0.323 e. The monoisotopic (exact) mass is 292 g/mol. The Kier molecular flexibility index (Phi) is 4.57. The van der Waals surface area contributed by atoms with Crippen LogP contribution in [0.2, 0.25) is 0 Å². The Morgan fingerprint density at radius 3 is 2.65 bits per heavy atom. The number of amides is 1. The molecular weight excluding hydrogens is 276 g/mol. The number of rotatable bonds is 6. The molecule has 0 bridgehead atoms. The fourth-order valence-corrected chi connectivity index (χ4v) is 2.85. The van der Waals surface area contributed by atoms with E-state index in [9.17, 15) is 9.59 Å². The van der Waals surface area contributed by atoms with E-state index in [-0.39, 0.29) is 12.5 Å². The van der Waals surface area contributed by atoms with Crippen molar-refractivity contribution in [3.63, 3.8) is 0 Å². The normalized spacial score (nSPS) is 10.4. The topological polar surface area (TPSA) is 62.5 Å².